The smallest absolute Gasteiger partial charge is 0.251 e. The summed E-state index contributed by atoms with van der Waals surface area (Å²) < 4.78 is 6.68. The van der Waals surface area contributed by atoms with Crippen LogP contribution >= 0.6 is 15.9 Å². The number of aliphatic hydroxyl groups is 1. The minimum Gasteiger partial charge on any atom is -0.491 e. The first-order valence-corrected chi connectivity index (χ1v) is 9.96. The Morgan fingerprint density at radius 1 is 1.22 bits per heavy atom. The SMILES string of the molecule is CNC(=O)c1ccc(CN(CC(O)COc2ccc(Br)cc2)C2CC2)cc1. The monoisotopic (exact) mass is 432 g/mol. The maximum Gasteiger partial charge on any atom is 0.251 e. The second kappa shape index (κ2) is 9.35. The largest absolute Gasteiger partial charge is 0.491 e. The fraction of sp³-hybridized carbons (Fsp3) is 0.381. The molecule has 0 spiro atoms. The van der Waals surface area contributed by atoms with Crippen LogP contribution in [0.1, 0.15) is 28.8 Å². The van der Waals surface area contributed by atoms with Crippen LogP contribution in [0.3, 0.4) is 0 Å². The van der Waals surface area contributed by atoms with Crippen molar-refractivity contribution >= 4 is 21.8 Å². The zero-order chi connectivity index (χ0) is 19.2. The lowest BCUT2D eigenvalue weighted by molar-refractivity contribution is 0.0626. The molecule has 1 saturated carbocycles. The Bertz CT molecular complexity index is 745. The van der Waals surface area contributed by atoms with E-state index in [0.717, 1.165) is 35.2 Å². The van der Waals surface area contributed by atoms with Crippen LogP contribution in [0.25, 0.3) is 0 Å². The molecule has 27 heavy (non-hydrogen) atoms. The van der Waals surface area contributed by atoms with Crippen LogP contribution in [0.2, 0.25) is 0 Å². The number of aliphatic hydroxyl groups excluding tert-OH is 1. The number of nitrogens with zero attached hydrogens (tertiary/aromatic N) is 1. The first kappa shape index (κ1) is 19.9. The number of benzene rings is 2. The van der Waals surface area contributed by atoms with Crippen LogP contribution in [0.4, 0.5) is 0 Å². The second-order valence-corrected chi connectivity index (χ2v) is 7.77. The lowest BCUT2D eigenvalue weighted by Crippen LogP contribution is -2.36. The van der Waals surface area contributed by atoms with Gasteiger partial charge in [-0.15, -0.1) is 0 Å². The van der Waals surface area contributed by atoms with Crippen molar-refractivity contribution in [3.63, 3.8) is 0 Å². The number of hydrogen-bond acceptors (Lipinski definition) is 4. The average Bonchev–Trinajstić information content (AvgIpc) is 3.52. The predicted molar refractivity (Wildman–Crippen MR) is 109 cm³/mol. The van der Waals surface area contributed by atoms with Gasteiger partial charge in [0.05, 0.1) is 0 Å². The highest BCUT2D eigenvalue weighted by molar-refractivity contribution is 9.10. The van der Waals surface area contributed by atoms with Gasteiger partial charge in [-0.3, -0.25) is 9.69 Å². The van der Waals surface area contributed by atoms with Gasteiger partial charge in [-0.1, -0.05) is 28.1 Å². The zero-order valence-electron chi connectivity index (χ0n) is 15.4. The molecule has 0 radical (unpaired) electrons. The van der Waals surface area contributed by atoms with Gasteiger partial charge in [0.15, 0.2) is 0 Å². The van der Waals surface area contributed by atoms with E-state index in [2.05, 4.69) is 26.1 Å². The van der Waals surface area contributed by atoms with Crippen molar-refractivity contribution in [2.45, 2.75) is 31.5 Å². The fourth-order valence-corrected chi connectivity index (χ4v) is 3.23. The summed E-state index contributed by atoms with van der Waals surface area (Å²) in [7, 11) is 1.63. The summed E-state index contributed by atoms with van der Waals surface area (Å²) in [6.07, 6.45) is 1.77. The summed E-state index contributed by atoms with van der Waals surface area (Å²) in [5.41, 5.74) is 1.79. The van der Waals surface area contributed by atoms with Gasteiger partial charge in [0.1, 0.15) is 18.5 Å². The Morgan fingerprint density at radius 2 is 1.89 bits per heavy atom. The van der Waals surface area contributed by atoms with Crippen molar-refractivity contribution < 1.29 is 14.6 Å². The maximum atomic E-state index is 11.6. The molecule has 0 aromatic heterocycles. The molecular weight excluding hydrogens is 408 g/mol. The minimum atomic E-state index is -0.556. The Hall–Kier alpha value is -1.89. The molecule has 3 rings (SSSR count). The Morgan fingerprint density at radius 3 is 2.48 bits per heavy atom. The van der Waals surface area contributed by atoms with E-state index >= 15 is 0 Å². The molecule has 2 N–H and O–H groups in total. The van der Waals surface area contributed by atoms with Crippen LogP contribution in [0, 0.1) is 0 Å². The van der Waals surface area contributed by atoms with E-state index in [1.165, 1.54) is 0 Å². The number of ether oxygens (including phenoxy) is 1. The summed E-state index contributed by atoms with van der Waals surface area (Å²) in [4.78, 5) is 13.9. The molecule has 5 nitrogen and oxygen atoms in total. The molecule has 1 atom stereocenters. The molecule has 0 aliphatic heterocycles. The van der Waals surface area contributed by atoms with Crippen LogP contribution < -0.4 is 10.1 Å². The summed E-state index contributed by atoms with van der Waals surface area (Å²) in [5, 5.41) is 13.0. The van der Waals surface area contributed by atoms with E-state index < -0.39 is 6.10 Å². The quantitative estimate of drug-likeness (QED) is 0.638. The fourth-order valence-electron chi connectivity index (χ4n) is 2.97. The number of halogens is 1. The number of hydrogen-bond donors (Lipinski definition) is 2. The third kappa shape index (κ3) is 6.06. The first-order valence-electron chi connectivity index (χ1n) is 9.16. The molecule has 6 heteroatoms. The molecule has 144 valence electrons. The number of rotatable bonds is 9. The summed E-state index contributed by atoms with van der Waals surface area (Å²) in [6, 6.07) is 15.7. The number of amides is 1. The van der Waals surface area contributed by atoms with Gasteiger partial charge in [0, 0.05) is 36.2 Å². The topological polar surface area (TPSA) is 61.8 Å². The highest BCUT2D eigenvalue weighted by Crippen LogP contribution is 2.28. The number of carbonyl (C=O) groups excluding carboxylic acids is 1. The molecule has 1 unspecified atom stereocenters. The maximum absolute atomic E-state index is 11.6. The standard InChI is InChI=1S/C21H25BrN2O3/c1-23-21(26)16-4-2-15(3-5-16)12-24(18-8-9-18)13-19(25)14-27-20-10-6-17(22)7-11-20/h2-7,10-11,18-19,25H,8-9,12-14H2,1H3,(H,23,26). The molecule has 0 saturated heterocycles. The summed E-state index contributed by atoms with van der Waals surface area (Å²) in [6.45, 7) is 1.59. The van der Waals surface area contributed by atoms with Crippen molar-refractivity contribution in [2.75, 3.05) is 20.2 Å². The van der Waals surface area contributed by atoms with Crippen molar-refractivity contribution in [1.82, 2.24) is 10.2 Å². The lowest BCUT2D eigenvalue weighted by atomic mass is 10.1. The normalized spacial score (nSPS) is 14.8. The third-order valence-electron chi connectivity index (χ3n) is 4.59. The Kier molecular flexibility index (Phi) is 6.88. The zero-order valence-corrected chi connectivity index (χ0v) is 17.0. The highest BCUT2D eigenvalue weighted by atomic mass is 79.9. The van der Waals surface area contributed by atoms with Gasteiger partial charge in [-0.25, -0.2) is 0 Å². The van der Waals surface area contributed by atoms with E-state index in [1.54, 1.807) is 7.05 Å². The van der Waals surface area contributed by atoms with Gasteiger partial charge >= 0.3 is 0 Å². The molecular formula is C21H25BrN2O3. The van der Waals surface area contributed by atoms with Gasteiger partial charge in [-0.05, 0) is 54.8 Å². The van der Waals surface area contributed by atoms with Gasteiger partial charge in [-0.2, -0.15) is 0 Å². The summed E-state index contributed by atoms with van der Waals surface area (Å²) in [5.74, 6) is 0.668. The van der Waals surface area contributed by atoms with E-state index in [1.807, 2.05) is 48.5 Å². The van der Waals surface area contributed by atoms with Gasteiger partial charge in [0.25, 0.3) is 5.91 Å². The highest BCUT2D eigenvalue weighted by Gasteiger charge is 2.30. The average molecular weight is 433 g/mol. The lowest BCUT2D eigenvalue weighted by Gasteiger charge is -2.25. The predicted octanol–water partition coefficient (Wildman–Crippen LogP) is 3.21. The number of nitrogens with one attached hydrogen (secondary N) is 1. The van der Waals surface area contributed by atoms with Crippen LogP contribution in [0.5, 0.6) is 5.75 Å². The molecule has 1 aliphatic rings. The molecule has 1 fully saturated rings. The van der Waals surface area contributed by atoms with E-state index in [0.29, 0.717) is 18.2 Å². The van der Waals surface area contributed by atoms with Crippen molar-refractivity contribution in [3.8, 4) is 5.75 Å². The van der Waals surface area contributed by atoms with E-state index in [9.17, 15) is 9.90 Å². The molecule has 1 aliphatic carbocycles. The minimum absolute atomic E-state index is 0.0823. The van der Waals surface area contributed by atoms with E-state index in [-0.39, 0.29) is 12.5 Å². The van der Waals surface area contributed by atoms with Crippen molar-refractivity contribution in [3.05, 3.63) is 64.1 Å². The van der Waals surface area contributed by atoms with Crippen LogP contribution in [-0.4, -0.2) is 48.3 Å². The molecule has 2 aromatic carbocycles. The molecule has 1 amide bonds. The van der Waals surface area contributed by atoms with Crippen molar-refractivity contribution in [2.24, 2.45) is 0 Å². The number of carbonyl (C=O) groups is 1. The Balaban J connectivity index is 1.52. The van der Waals surface area contributed by atoms with E-state index in [4.69, 9.17) is 4.74 Å². The third-order valence-corrected chi connectivity index (χ3v) is 5.12. The van der Waals surface area contributed by atoms with Gasteiger partial charge < -0.3 is 15.2 Å². The van der Waals surface area contributed by atoms with Crippen LogP contribution in [-0.2, 0) is 6.54 Å². The first-order chi connectivity index (χ1) is 13.0. The Labute approximate surface area is 168 Å². The molecule has 0 heterocycles. The van der Waals surface area contributed by atoms with Crippen LogP contribution in [0.15, 0.2) is 53.0 Å². The van der Waals surface area contributed by atoms with Crippen molar-refractivity contribution in [1.29, 1.82) is 0 Å². The summed E-state index contributed by atoms with van der Waals surface area (Å²) >= 11 is 3.40. The molecule has 2 aromatic rings. The van der Waals surface area contributed by atoms with Gasteiger partial charge in [0.2, 0.25) is 0 Å². The second-order valence-electron chi connectivity index (χ2n) is 6.86. The molecule has 0 bridgehead atoms.